The molecular formula is C21H22N4O. The number of hydrogen-bond acceptors (Lipinski definition) is 4. The molecule has 2 aromatic rings. The average molecular weight is 346 g/mol. The van der Waals surface area contributed by atoms with Gasteiger partial charge < -0.3 is 10.2 Å². The summed E-state index contributed by atoms with van der Waals surface area (Å²) in [7, 11) is 0. The molecule has 26 heavy (non-hydrogen) atoms. The highest BCUT2D eigenvalue weighted by atomic mass is 16.1. The summed E-state index contributed by atoms with van der Waals surface area (Å²) in [5, 5.41) is 12.1. The number of amides is 1. The molecule has 1 aromatic heterocycles. The van der Waals surface area contributed by atoms with Crippen LogP contribution in [0.5, 0.6) is 0 Å². The highest BCUT2D eigenvalue weighted by Crippen LogP contribution is 2.31. The molecule has 1 aliphatic carbocycles. The smallest absolute Gasteiger partial charge is 0.223 e. The van der Waals surface area contributed by atoms with Crippen molar-refractivity contribution in [1.82, 2.24) is 10.3 Å². The molecule has 0 saturated carbocycles. The molecule has 1 unspecified atom stereocenters. The first-order chi connectivity index (χ1) is 12.7. The number of carbonyl (C=O) groups excluding carboxylic acids is 1. The standard InChI is InChI=1S/C21H22N4O/c22-13-15-5-8-20(23-14-15)25-11-9-17(10-12-25)21(26)24-19-7-6-16-3-1-2-4-18(16)19/h1-5,8,14,17,19H,6-7,9-12H2,(H,24,26). The third kappa shape index (κ3) is 3.28. The zero-order valence-electron chi connectivity index (χ0n) is 14.7. The van der Waals surface area contributed by atoms with Crippen molar-refractivity contribution < 1.29 is 4.79 Å². The Hall–Kier alpha value is -2.87. The predicted octanol–water partition coefficient (Wildman–Crippen LogP) is 2.97. The number of pyridine rings is 1. The van der Waals surface area contributed by atoms with Gasteiger partial charge in [-0.3, -0.25) is 4.79 Å². The minimum Gasteiger partial charge on any atom is -0.357 e. The number of aryl methyl sites for hydroxylation is 1. The summed E-state index contributed by atoms with van der Waals surface area (Å²) in [5.41, 5.74) is 3.21. The summed E-state index contributed by atoms with van der Waals surface area (Å²) < 4.78 is 0. The van der Waals surface area contributed by atoms with Crippen molar-refractivity contribution in [3.63, 3.8) is 0 Å². The van der Waals surface area contributed by atoms with E-state index >= 15 is 0 Å². The quantitative estimate of drug-likeness (QED) is 0.928. The molecule has 2 heterocycles. The van der Waals surface area contributed by atoms with Crippen molar-refractivity contribution in [3.05, 3.63) is 59.3 Å². The molecule has 0 bridgehead atoms. The molecule has 1 fully saturated rings. The monoisotopic (exact) mass is 346 g/mol. The maximum atomic E-state index is 12.7. The van der Waals surface area contributed by atoms with Crippen LogP contribution in [0.4, 0.5) is 5.82 Å². The van der Waals surface area contributed by atoms with Crippen molar-refractivity contribution >= 4 is 11.7 Å². The maximum Gasteiger partial charge on any atom is 0.223 e. The highest BCUT2D eigenvalue weighted by molar-refractivity contribution is 5.79. The van der Waals surface area contributed by atoms with Crippen LogP contribution < -0.4 is 10.2 Å². The number of benzene rings is 1. The molecule has 1 aromatic carbocycles. The molecule has 2 aliphatic rings. The minimum absolute atomic E-state index is 0.0670. The summed E-state index contributed by atoms with van der Waals surface area (Å²) in [6.45, 7) is 1.64. The Morgan fingerprint density at radius 1 is 1.15 bits per heavy atom. The second-order valence-electron chi connectivity index (χ2n) is 7.08. The molecule has 132 valence electrons. The number of hydrogen-bond donors (Lipinski definition) is 1. The van der Waals surface area contributed by atoms with Crippen molar-refractivity contribution in [3.8, 4) is 6.07 Å². The molecule has 1 atom stereocenters. The lowest BCUT2D eigenvalue weighted by Gasteiger charge is -2.32. The Bertz CT molecular complexity index is 832. The fourth-order valence-corrected chi connectivity index (χ4v) is 4.01. The van der Waals surface area contributed by atoms with Gasteiger partial charge in [0.05, 0.1) is 11.6 Å². The zero-order chi connectivity index (χ0) is 17.9. The van der Waals surface area contributed by atoms with Crippen LogP contribution in [-0.2, 0) is 11.2 Å². The molecule has 5 nitrogen and oxygen atoms in total. The number of fused-ring (bicyclic) bond motifs is 1. The number of carbonyl (C=O) groups is 1. The van der Waals surface area contributed by atoms with Gasteiger partial charge in [-0.2, -0.15) is 5.26 Å². The van der Waals surface area contributed by atoms with Crippen LogP contribution in [0.25, 0.3) is 0 Å². The van der Waals surface area contributed by atoms with Gasteiger partial charge >= 0.3 is 0 Å². The lowest BCUT2D eigenvalue weighted by molar-refractivity contribution is -0.126. The lowest BCUT2D eigenvalue weighted by Crippen LogP contribution is -2.41. The van der Waals surface area contributed by atoms with Gasteiger partial charge in [-0.25, -0.2) is 4.98 Å². The molecular weight excluding hydrogens is 324 g/mol. The van der Waals surface area contributed by atoms with Crippen LogP contribution in [0.1, 0.15) is 42.0 Å². The van der Waals surface area contributed by atoms with Gasteiger partial charge in [-0.1, -0.05) is 24.3 Å². The van der Waals surface area contributed by atoms with Crippen molar-refractivity contribution in [2.75, 3.05) is 18.0 Å². The van der Waals surface area contributed by atoms with E-state index in [1.807, 2.05) is 12.1 Å². The van der Waals surface area contributed by atoms with Gasteiger partial charge in [0.25, 0.3) is 0 Å². The Kier molecular flexibility index (Phi) is 4.57. The third-order valence-corrected chi connectivity index (χ3v) is 5.52. The largest absolute Gasteiger partial charge is 0.357 e. The lowest BCUT2D eigenvalue weighted by atomic mass is 9.95. The van der Waals surface area contributed by atoms with Crippen LogP contribution >= 0.6 is 0 Å². The first kappa shape index (κ1) is 16.6. The van der Waals surface area contributed by atoms with Crippen LogP contribution in [0.2, 0.25) is 0 Å². The predicted molar refractivity (Wildman–Crippen MR) is 99.5 cm³/mol. The number of nitrogens with one attached hydrogen (secondary N) is 1. The van der Waals surface area contributed by atoms with E-state index in [0.717, 1.165) is 44.6 Å². The molecule has 1 aliphatic heterocycles. The normalized spacial score (nSPS) is 19.7. The van der Waals surface area contributed by atoms with E-state index in [1.165, 1.54) is 11.1 Å². The van der Waals surface area contributed by atoms with Crippen LogP contribution in [0.3, 0.4) is 0 Å². The number of piperidine rings is 1. The first-order valence-corrected chi connectivity index (χ1v) is 9.24. The van der Waals surface area contributed by atoms with Gasteiger partial charge in [-0.05, 0) is 48.9 Å². The molecule has 1 N–H and O–H groups in total. The van der Waals surface area contributed by atoms with Gasteiger partial charge in [-0.15, -0.1) is 0 Å². The summed E-state index contributed by atoms with van der Waals surface area (Å²) in [6.07, 6.45) is 5.32. The fraction of sp³-hybridized carbons (Fsp3) is 0.381. The van der Waals surface area contributed by atoms with Gasteiger partial charge in [0.15, 0.2) is 0 Å². The molecule has 5 heteroatoms. The molecule has 1 amide bonds. The summed E-state index contributed by atoms with van der Waals surface area (Å²) >= 11 is 0. The van der Waals surface area contributed by atoms with E-state index < -0.39 is 0 Å². The van der Waals surface area contributed by atoms with E-state index in [-0.39, 0.29) is 17.9 Å². The summed E-state index contributed by atoms with van der Waals surface area (Å²) in [5.74, 6) is 1.13. The zero-order valence-corrected chi connectivity index (χ0v) is 14.7. The minimum atomic E-state index is 0.0670. The molecule has 0 spiro atoms. The van der Waals surface area contributed by atoms with E-state index in [4.69, 9.17) is 5.26 Å². The van der Waals surface area contributed by atoms with E-state index in [1.54, 1.807) is 12.3 Å². The number of anilines is 1. The molecule has 1 saturated heterocycles. The Morgan fingerprint density at radius 2 is 1.96 bits per heavy atom. The first-order valence-electron chi connectivity index (χ1n) is 9.24. The number of nitriles is 1. The SMILES string of the molecule is N#Cc1ccc(N2CCC(C(=O)NC3CCc4ccccc43)CC2)nc1. The van der Waals surface area contributed by atoms with Crippen molar-refractivity contribution in [2.24, 2.45) is 5.92 Å². The molecule has 4 rings (SSSR count). The van der Waals surface area contributed by atoms with Crippen LogP contribution in [0.15, 0.2) is 42.6 Å². The van der Waals surface area contributed by atoms with E-state index in [0.29, 0.717) is 5.56 Å². The van der Waals surface area contributed by atoms with Gasteiger partial charge in [0.2, 0.25) is 5.91 Å². The van der Waals surface area contributed by atoms with E-state index in [9.17, 15) is 4.79 Å². The topological polar surface area (TPSA) is 69.0 Å². The highest BCUT2D eigenvalue weighted by Gasteiger charge is 2.29. The number of nitrogens with zero attached hydrogens (tertiary/aromatic N) is 3. The number of rotatable bonds is 3. The van der Waals surface area contributed by atoms with Crippen LogP contribution in [0, 0.1) is 17.2 Å². The summed E-state index contributed by atoms with van der Waals surface area (Å²) in [6, 6.07) is 14.3. The summed E-state index contributed by atoms with van der Waals surface area (Å²) in [4.78, 5) is 19.3. The maximum absolute atomic E-state index is 12.7. The third-order valence-electron chi connectivity index (χ3n) is 5.52. The van der Waals surface area contributed by atoms with Crippen LogP contribution in [-0.4, -0.2) is 24.0 Å². The van der Waals surface area contributed by atoms with E-state index in [2.05, 4.69) is 39.5 Å². The fourth-order valence-electron chi connectivity index (χ4n) is 4.01. The second-order valence-corrected chi connectivity index (χ2v) is 7.08. The van der Waals surface area contributed by atoms with Crippen molar-refractivity contribution in [1.29, 1.82) is 5.26 Å². The second kappa shape index (κ2) is 7.17. The van der Waals surface area contributed by atoms with Crippen molar-refractivity contribution in [2.45, 2.75) is 31.7 Å². The number of aromatic nitrogens is 1. The molecule has 0 radical (unpaired) electrons. The Morgan fingerprint density at radius 3 is 2.69 bits per heavy atom. The Labute approximate surface area is 153 Å². The van der Waals surface area contributed by atoms with Gasteiger partial charge in [0.1, 0.15) is 11.9 Å². The average Bonchev–Trinajstić information content (AvgIpc) is 3.11. The van der Waals surface area contributed by atoms with Gasteiger partial charge in [0, 0.05) is 25.2 Å². The Balaban J connectivity index is 1.33.